The first-order valence-corrected chi connectivity index (χ1v) is 17.8. The zero-order valence-electron chi connectivity index (χ0n) is 30.6. The third-order valence-electron chi connectivity index (χ3n) is 8.31. The van der Waals surface area contributed by atoms with Crippen LogP contribution in [0.15, 0.2) is 72.8 Å². The summed E-state index contributed by atoms with van der Waals surface area (Å²) >= 11 is 0. The number of ether oxygens (including phenoxy) is 1. The smallest absolute Gasteiger partial charge is 0.337 e. The molecule has 0 aromatic heterocycles. The van der Waals surface area contributed by atoms with Crippen LogP contribution in [0.25, 0.3) is 0 Å². The Kier molecular flexibility index (Phi) is 20.1. The third-order valence-corrected chi connectivity index (χ3v) is 8.31. The molecule has 0 heterocycles. The topological polar surface area (TPSA) is 207 Å². The quantitative estimate of drug-likeness (QED) is 0.0258. The highest BCUT2D eigenvalue weighted by atomic mass is 17.2. The monoisotopic (exact) mass is 766 g/mol. The van der Waals surface area contributed by atoms with Crippen molar-refractivity contribution >= 4 is 35.3 Å². The predicted octanol–water partition coefficient (Wildman–Crippen LogP) is 6.40. The molecule has 1 unspecified atom stereocenters. The standard InChI is InChI=1S/C40H46O15/c1-49-40(48)34-16-10-31(11-17-34)37(43)20-26-54-51-23-3-5-28(18-24-52-55-27-21-36(42)30-8-14-33(15-9-30)39(46)47)4-2-22-50-53-25-19-35(41)29-6-12-32(13-7-29)38(44)45/h6-17,28H,2-5,18-27H2,1H3,(H,44,45)(H,46,47). The number of carbonyl (C=O) groups excluding carboxylic acids is 4. The Balaban J connectivity index is 1.33. The Bertz CT molecular complexity index is 1670. The van der Waals surface area contributed by atoms with E-state index in [1.54, 1.807) is 12.1 Å². The normalized spacial score (nSPS) is 11.5. The third kappa shape index (κ3) is 16.8. The van der Waals surface area contributed by atoms with Gasteiger partial charge in [0, 0.05) is 36.0 Å². The minimum absolute atomic E-state index is 0.0258. The molecule has 0 aliphatic rings. The molecular weight excluding hydrogens is 720 g/mol. The van der Waals surface area contributed by atoms with Crippen molar-refractivity contribution in [3.63, 3.8) is 0 Å². The average Bonchev–Trinajstić information content (AvgIpc) is 3.20. The van der Waals surface area contributed by atoms with E-state index in [0.29, 0.717) is 41.5 Å². The highest BCUT2D eigenvalue weighted by Crippen LogP contribution is 2.19. The van der Waals surface area contributed by atoms with Crippen molar-refractivity contribution in [3.05, 3.63) is 106 Å². The van der Waals surface area contributed by atoms with E-state index in [1.165, 1.54) is 67.8 Å². The maximum atomic E-state index is 12.4. The highest BCUT2D eigenvalue weighted by Gasteiger charge is 2.13. The molecule has 15 nitrogen and oxygen atoms in total. The van der Waals surface area contributed by atoms with Crippen molar-refractivity contribution in [2.24, 2.45) is 5.92 Å². The average molecular weight is 767 g/mol. The predicted molar refractivity (Wildman–Crippen MR) is 194 cm³/mol. The minimum atomic E-state index is -1.07. The van der Waals surface area contributed by atoms with Crippen LogP contribution in [-0.4, -0.2) is 92.2 Å². The molecule has 3 aromatic carbocycles. The number of methoxy groups -OCH3 is 1. The summed E-state index contributed by atoms with van der Waals surface area (Å²) in [6.45, 7) is 0.955. The number of ketones is 3. The molecule has 0 bridgehead atoms. The zero-order valence-corrected chi connectivity index (χ0v) is 30.6. The molecule has 2 N–H and O–H groups in total. The van der Waals surface area contributed by atoms with E-state index in [2.05, 4.69) is 4.74 Å². The van der Waals surface area contributed by atoms with Gasteiger partial charge in [0.25, 0.3) is 0 Å². The Hall–Kier alpha value is -5.16. The van der Waals surface area contributed by atoms with Crippen LogP contribution in [0.1, 0.15) is 114 Å². The maximum absolute atomic E-state index is 12.4. The van der Waals surface area contributed by atoms with Crippen molar-refractivity contribution < 1.29 is 73.0 Å². The van der Waals surface area contributed by atoms with Crippen molar-refractivity contribution in [2.75, 3.05) is 46.8 Å². The van der Waals surface area contributed by atoms with E-state index in [0.717, 1.165) is 12.8 Å². The molecule has 0 fully saturated rings. The molecule has 55 heavy (non-hydrogen) atoms. The lowest BCUT2D eigenvalue weighted by atomic mass is 9.95. The SMILES string of the molecule is COC(=O)c1ccc(C(=O)CCOOCCCC(CCCOOCCC(=O)c2ccc(C(=O)O)cc2)CCOOCCC(=O)c2ccc(C(=O)O)cc2)cc1. The molecule has 3 aromatic rings. The van der Waals surface area contributed by atoms with Crippen molar-refractivity contribution in [1.82, 2.24) is 0 Å². The Labute approximate surface area is 318 Å². The first kappa shape index (κ1) is 44.2. The van der Waals surface area contributed by atoms with Gasteiger partial charge in [-0.1, -0.05) is 36.4 Å². The van der Waals surface area contributed by atoms with Crippen LogP contribution in [0.2, 0.25) is 0 Å². The van der Waals surface area contributed by atoms with Crippen molar-refractivity contribution in [2.45, 2.75) is 51.4 Å². The fourth-order valence-electron chi connectivity index (χ4n) is 5.21. The molecule has 3 rings (SSSR count). The largest absolute Gasteiger partial charge is 0.478 e. The number of aromatic carboxylic acids is 2. The Morgan fingerprint density at radius 2 is 0.745 bits per heavy atom. The molecule has 0 amide bonds. The second-order valence-electron chi connectivity index (χ2n) is 12.2. The summed E-state index contributed by atoms with van der Waals surface area (Å²) in [5.74, 6) is -3.02. The summed E-state index contributed by atoms with van der Waals surface area (Å²) < 4.78 is 4.66. The highest BCUT2D eigenvalue weighted by molar-refractivity contribution is 5.99. The molecule has 0 aliphatic carbocycles. The van der Waals surface area contributed by atoms with Gasteiger partial charge < -0.3 is 14.9 Å². The second-order valence-corrected chi connectivity index (χ2v) is 12.2. The first-order chi connectivity index (χ1) is 26.6. The number of benzene rings is 3. The van der Waals surface area contributed by atoms with E-state index in [4.69, 9.17) is 39.5 Å². The zero-order chi connectivity index (χ0) is 39.8. The van der Waals surface area contributed by atoms with Crippen LogP contribution in [0.5, 0.6) is 0 Å². The summed E-state index contributed by atoms with van der Waals surface area (Å²) in [6.07, 6.45) is 3.63. The van der Waals surface area contributed by atoms with Gasteiger partial charge in [0.05, 0.1) is 63.4 Å². The molecule has 0 saturated carbocycles. The van der Waals surface area contributed by atoms with Crippen LogP contribution in [0.4, 0.5) is 0 Å². The first-order valence-electron chi connectivity index (χ1n) is 17.8. The number of carbonyl (C=O) groups is 6. The summed E-state index contributed by atoms with van der Waals surface area (Å²) in [4.78, 5) is 102. The van der Waals surface area contributed by atoms with Crippen LogP contribution in [0, 0.1) is 5.92 Å². The summed E-state index contributed by atoms with van der Waals surface area (Å²) in [6, 6.07) is 17.5. The van der Waals surface area contributed by atoms with Gasteiger partial charge in [-0.15, -0.1) is 0 Å². The lowest BCUT2D eigenvalue weighted by Crippen LogP contribution is -2.11. The number of rotatable bonds is 29. The van der Waals surface area contributed by atoms with Gasteiger partial charge in [-0.05, 0) is 74.4 Å². The van der Waals surface area contributed by atoms with Gasteiger partial charge >= 0.3 is 17.9 Å². The number of esters is 1. The molecule has 1 atom stereocenters. The maximum Gasteiger partial charge on any atom is 0.337 e. The fraction of sp³-hybridized carbons (Fsp3) is 0.400. The van der Waals surface area contributed by atoms with Gasteiger partial charge in [0.2, 0.25) is 0 Å². The fourth-order valence-corrected chi connectivity index (χ4v) is 5.21. The Morgan fingerprint density at radius 1 is 0.436 bits per heavy atom. The number of carboxylic acids is 2. The van der Waals surface area contributed by atoms with E-state index >= 15 is 0 Å². The van der Waals surface area contributed by atoms with Crippen molar-refractivity contribution in [1.29, 1.82) is 0 Å². The molecule has 0 saturated heterocycles. The van der Waals surface area contributed by atoms with Gasteiger partial charge in [-0.25, -0.2) is 43.7 Å². The summed E-state index contributed by atoms with van der Waals surface area (Å²) in [5, 5.41) is 18.0. The van der Waals surface area contributed by atoms with E-state index in [1.807, 2.05) is 0 Å². The molecule has 0 radical (unpaired) electrons. The molecule has 0 aliphatic heterocycles. The second kappa shape index (κ2) is 25.0. The Morgan fingerprint density at radius 3 is 1.09 bits per heavy atom. The van der Waals surface area contributed by atoms with E-state index in [9.17, 15) is 28.8 Å². The number of Topliss-reactive ketones (excluding diaryl/α,β-unsaturated/α-hetero) is 3. The van der Waals surface area contributed by atoms with Gasteiger partial charge in [-0.2, -0.15) is 0 Å². The van der Waals surface area contributed by atoms with Gasteiger partial charge in [-0.3, -0.25) is 14.4 Å². The van der Waals surface area contributed by atoms with Gasteiger partial charge in [0.1, 0.15) is 0 Å². The summed E-state index contributed by atoms with van der Waals surface area (Å²) in [7, 11) is 1.28. The van der Waals surface area contributed by atoms with Crippen LogP contribution in [0.3, 0.4) is 0 Å². The number of carboxylic acid groups (broad SMARTS) is 2. The van der Waals surface area contributed by atoms with Crippen LogP contribution < -0.4 is 0 Å². The number of hydrogen-bond donors (Lipinski definition) is 2. The van der Waals surface area contributed by atoms with Gasteiger partial charge in [0.15, 0.2) is 17.3 Å². The van der Waals surface area contributed by atoms with E-state index < -0.39 is 17.9 Å². The molecule has 15 heteroatoms. The van der Waals surface area contributed by atoms with E-state index in [-0.39, 0.29) is 93.3 Å². The van der Waals surface area contributed by atoms with Crippen LogP contribution in [-0.2, 0) is 34.1 Å². The molecule has 0 spiro atoms. The number of hydrogen-bond acceptors (Lipinski definition) is 13. The van der Waals surface area contributed by atoms with Crippen LogP contribution >= 0.6 is 0 Å². The van der Waals surface area contributed by atoms with Crippen molar-refractivity contribution in [3.8, 4) is 0 Å². The minimum Gasteiger partial charge on any atom is -0.478 e. The summed E-state index contributed by atoms with van der Waals surface area (Å²) in [5.41, 5.74) is 1.74. The lowest BCUT2D eigenvalue weighted by molar-refractivity contribution is -0.297. The molecule has 296 valence electrons. The lowest BCUT2D eigenvalue weighted by Gasteiger charge is -2.16. The molecular formula is C40H46O15.